The van der Waals surface area contributed by atoms with E-state index in [0.29, 0.717) is 6.42 Å². The molecule has 0 N–H and O–H groups in total. The summed E-state index contributed by atoms with van der Waals surface area (Å²) in [6.07, 6.45) is 4.35. The average Bonchev–Trinajstić information content (AvgIpc) is 2.17. The van der Waals surface area contributed by atoms with Gasteiger partial charge in [0, 0.05) is 13.0 Å². The van der Waals surface area contributed by atoms with E-state index < -0.39 is 0 Å². The standard InChI is InChI=1S/C10H20N2S/c1-2-12(9-6-7-11)8-4-3-5-10-13/h13H,2-6,8-10H2,1H3. The molecule has 0 aliphatic rings. The van der Waals surface area contributed by atoms with Gasteiger partial charge in [-0.3, -0.25) is 0 Å². The van der Waals surface area contributed by atoms with Crippen molar-refractivity contribution in [1.82, 2.24) is 4.90 Å². The van der Waals surface area contributed by atoms with Crippen molar-refractivity contribution in [3.8, 4) is 6.07 Å². The highest BCUT2D eigenvalue weighted by molar-refractivity contribution is 7.80. The maximum absolute atomic E-state index is 8.43. The molecule has 0 unspecified atom stereocenters. The van der Waals surface area contributed by atoms with E-state index in [-0.39, 0.29) is 0 Å². The number of hydrogen-bond donors (Lipinski definition) is 1. The van der Waals surface area contributed by atoms with Crippen molar-refractivity contribution in [3.63, 3.8) is 0 Å². The fourth-order valence-corrected chi connectivity index (χ4v) is 1.48. The zero-order valence-electron chi connectivity index (χ0n) is 8.50. The molecule has 0 radical (unpaired) electrons. The van der Waals surface area contributed by atoms with Crippen molar-refractivity contribution >= 4 is 12.6 Å². The predicted molar refractivity (Wildman–Crippen MR) is 60.0 cm³/mol. The Balaban J connectivity index is 3.32. The second-order valence-electron chi connectivity index (χ2n) is 3.13. The fraction of sp³-hybridized carbons (Fsp3) is 0.900. The summed E-state index contributed by atoms with van der Waals surface area (Å²) in [5.74, 6) is 0.990. The molecule has 0 aliphatic heterocycles. The van der Waals surface area contributed by atoms with Crippen LogP contribution in [0.5, 0.6) is 0 Å². The topological polar surface area (TPSA) is 27.0 Å². The Morgan fingerprint density at radius 2 is 2.00 bits per heavy atom. The summed E-state index contributed by atoms with van der Waals surface area (Å²) < 4.78 is 0. The molecular weight excluding hydrogens is 180 g/mol. The van der Waals surface area contributed by atoms with Crippen LogP contribution >= 0.6 is 12.6 Å². The van der Waals surface area contributed by atoms with E-state index in [0.717, 1.165) is 25.4 Å². The molecule has 0 aromatic rings. The van der Waals surface area contributed by atoms with Gasteiger partial charge in [0.15, 0.2) is 0 Å². The smallest absolute Gasteiger partial charge is 0.0635 e. The summed E-state index contributed by atoms with van der Waals surface area (Å²) in [4.78, 5) is 2.34. The zero-order valence-corrected chi connectivity index (χ0v) is 9.39. The fourth-order valence-electron chi connectivity index (χ4n) is 1.26. The van der Waals surface area contributed by atoms with E-state index in [2.05, 4.69) is 30.5 Å². The SMILES string of the molecule is CCN(CCC#N)CCCCCS. The Kier molecular flexibility index (Phi) is 9.73. The maximum atomic E-state index is 8.43. The van der Waals surface area contributed by atoms with E-state index in [1.165, 1.54) is 19.3 Å². The van der Waals surface area contributed by atoms with Crippen LogP contribution in [0.15, 0.2) is 0 Å². The van der Waals surface area contributed by atoms with Crippen LogP contribution in [0.25, 0.3) is 0 Å². The Bertz CT molecular complexity index is 142. The molecule has 0 saturated carbocycles. The Morgan fingerprint density at radius 3 is 2.54 bits per heavy atom. The lowest BCUT2D eigenvalue weighted by molar-refractivity contribution is 0.288. The van der Waals surface area contributed by atoms with Crippen LogP contribution < -0.4 is 0 Å². The second-order valence-corrected chi connectivity index (χ2v) is 3.57. The summed E-state index contributed by atoms with van der Waals surface area (Å²) in [5, 5.41) is 8.43. The number of hydrogen-bond acceptors (Lipinski definition) is 3. The van der Waals surface area contributed by atoms with Gasteiger partial charge in [-0.25, -0.2) is 0 Å². The first kappa shape index (κ1) is 12.8. The van der Waals surface area contributed by atoms with Crippen LogP contribution in [0.3, 0.4) is 0 Å². The van der Waals surface area contributed by atoms with Crippen LogP contribution in [0.2, 0.25) is 0 Å². The van der Waals surface area contributed by atoms with E-state index in [4.69, 9.17) is 5.26 Å². The van der Waals surface area contributed by atoms with Crippen molar-refractivity contribution < 1.29 is 0 Å². The van der Waals surface area contributed by atoms with Crippen molar-refractivity contribution in [1.29, 1.82) is 5.26 Å². The molecule has 2 nitrogen and oxygen atoms in total. The molecule has 0 rings (SSSR count). The number of thiol groups is 1. The third-order valence-corrected chi connectivity index (χ3v) is 2.44. The normalized spacial score (nSPS) is 10.3. The van der Waals surface area contributed by atoms with Crippen LogP contribution in [-0.4, -0.2) is 30.3 Å². The van der Waals surface area contributed by atoms with Gasteiger partial charge < -0.3 is 4.90 Å². The number of nitriles is 1. The van der Waals surface area contributed by atoms with Crippen LogP contribution in [0, 0.1) is 11.3 Å². The van der Waals surface area contributed by atoms with E-state index in [1.54, 1.807) is 0 Å². The molecular formula is C10H20N2S. The maximum Gasteiger partial charge on any atom is 0.0635 e. The zero-order chi connectivity index (χ0) is 9.94. The van der Waals surface area contributed by atoms with Gasteiger partial charge in [-0.1, -0.05) is 13.3 Å². The highest BCUT2D eigenvalue weighted by Crippen LogP contribution is 2.00. The largest absolute Gasteiger partial charge is 0.303 e. The van der Waals surface area contributed by atoms with Gasteiger partial charge in [0.1, 0.15) is 0 Å². The molecule has 0 spiro atoms. The first-order chi connectivity index (χ1) is 6.35. The number of unbranched alkanes of at least 4 members (excludes halogenated alkanes) is 2. The van der Waals surface area contributed by atoms with Crippen LogP contribution in [-0.2, 0) is 0 Å². The Labute approximate surface area is 87.3 Å². The molecule has 0 saturated heterocycles. The molecule has 0 aromatic carbocycles. The van der Waals surface area contributed by atoms with Gasteiger partial charge in [0.25, 0.3) is 0 Å². The molecule has 0 amide bonds. The third kappa shape index (κ3) is 8.14. The summed E-state index contributed by atoms with van der Waals surface area (Å²) in [5.41, 5.74) is 0. The van der Waals surface area contributed by atoms with E-state index in [1.807, 2.05) is 0 Å². The predicted octanol–water partition coefficient (Wildman–Crippen LogP) is 2.32. The molecule has 0 aliphatic carbocycles. The molecule has 0 aromatic heterocycles. The first-order valence-electron chi connectivity index (χ1n) is 5.05. The minimum absolute atomic E-state index is 0.653. The quantitative estimate of drug-likeness (QED) is 0.481. The van der Waals surface area contributed by atoms with Gasteiger partial charge in [0.05, 0.1) is 6.07 Å². The van der Waals surface area contributed by atoms with Gasteiger partial charge in [-0.05, 0) is 31.7 Å². The molecule has 0 atom stereocenters. The lowest BCUT2D eigenvalue weighted by Crippen LogP contribution is -2.25. The van der Waals surface area contributed by atoms with Crippen LogP contribution in [0.1, 0.15) is 32.6 Å². The Morgan fingerprint density at radius 1 is 1.23 bits per heavy atom. The lowest BCUT2D eigenvalue weighted by Gasteiger charge is -2.18. The van der Waals surface area contributed by atoms with Crippen LogP contribution in [0.4, 0.5) is 0 Å². The summed E-state index contributed by atoms with van der Waals surface area (Å²) in [6, 6.07) is 2.18. The summed E-state index contributed by atoms with van der Waals surface area (Å²) >= 11 is 4.17. The number of nitrogens with zero attached hydrogens (tertiary/aromatic N) is 2. The molecule has 13 heavy (non-hydrogen) atoms. The summed E-state index contributed by atoms with van der Waals surface area (Å²) in [7, 11) is 0. The average molecular weight is 200 g/mol. The van der Waals surface area contributed by atoms with Crippen molar-refractivity contribution in [3.05, 3.63) is 0 Å². The van der Waals surface area contributed by atoms with Gasteiger partial charge in [0.2, 0.25) is 0 Å². The van der Waals surface area contributed by atoms with Gasteiger partial charge in [-0.15, -0.1) is 0 Å². The molecule has 3 heteroatoms. The third-order valence-electron chi connectivity index (χ3n) is 2.12. The second kappa shape index (κ2) is 9.88. The summed E-state index contributed by atoms with van der Waals surface area (Å²) in [6.45, 7) is 5.26. The highest BCUT2D eigenvalue weighted by atomic mass is 32.1. The minimum Gasteiger partial charge on any atom is -0.303 e. The van der Waals surface area contributed by atoms with E-state index in [9.17, 15) is 0 Å². The molecule has 0 bridgehead atoms. The van der Waals surface area contributed by atoms with Crippen molar-refractivity contribution in [2.45, 2.75) is 32.6 Å². The molecule has 0 fully saturated rings. The van der Waals surface area contributed by atoms with Crippen molar-refractivity contribution in [2.75, 3.05) is 25.4 Å². The first-order valence-corrected chi connectivity index (χ1v) is 5.68. The number of rotatable bonds is 8. The van der Waals surface area contributed by atoms with Gasteiger partial charge in [-0.2, -0.15) is 17.9 Å². The van der Waals surface area contributed by atoms with Gasteiger partial charge >= 0.3 is 0 Å². The van der Waals surface area contributed by atoms with Crippen molar-refractivity contribution in [2.24, 2.45) is 0 Å². The molecule has 76 valence electrons. The van der Waals surface area contributed by atoms with E-state index >= 15 is 0 Å². The highest BCUT2D eigenvalue weighted by Gasteiger charge is 2.00. The monoisotopic (exact) mass is 200 g/mol. The Hall–Kier alpha value is -0.200. The molecule has 0 heterocycles. The lowest BCUT2D eigenvalue weighted by atomic mass is 10.2. The minimum atomic E-state index is 0.653.